The summed E-state index contributed by atoms with van der Waals surface area (Å²) < 4.78 is 1.97. The number of hydrogen-bond acceptors (Lipinski definition) is 3. The Balaban J connectivity index is 2.02. The molecule has 0 spiro atoms. The van der Waals surface area contributed by atoms with Gasteiger partial charge in [0.05, 0.1) is 23.3 Å². The molecule has 0 saturated heterocycles. The molecular formula is C23H29N5O. The van der Waals surface area contributed by atoms with Crippen LogP contribution in [-0.4, -0.2) is 40.6 Å². The van der Waals surface area contributed by atoms with E-state index in [1.807, 2.05) is 44.6 Å². The molecule has 0 aliphatic heterocycles. The fourth-order valence-electron chi connectivity index (χ4n) is 3.39. The Bertz CT molecular complexity index is 1080. The highest BCUT2D eigenvalue weighted by Gasteiger charge is 2.15. The van der Waals surface area contributed by atoms with Gasteiger partial charge >= 0.3 is 0 Å². The highest BCUT2D eigenvalue weighted by molar-refractivity contribution is 6.00. The van der Waals surface area contributed by atoms with E-state index in [2.05, 4.69) is 42.4 Å². The van der Waals surface area contributed by atoms with E-state index in [0.29, 0.717) is 12.1 Å². The van der Waals surface area contributed by atoms with Gasteiger partial charge in [-0.25, -0.2) is 4.98 Å². The smallest absolute Gasteiger partial charge is 0.279 e. The van der Waals surface area contributed by atoms with E-state index in [4.69, 9.17) is 4.98 Å². The first-order valence-electron chi connectivity index (χ1n) is 9.87. The molecule has 3 rings (SSSR count). The molecule has 0 radical (unpaired) electrons. The van der Waals surface area contributed by atoms with Crippen LogP contribution in [0, 0.1) is 20.8 Å². The molecule has 0 aliphatic rings. The third-order valence-electron chi connectivity index (χ3n) is 5.19. The third-order valence-corrected chi connectivity index (χ3v) is 5.19. The number of hydrogen-bond donors (Lipinski definition) is 1. The predicted molar refractivity (Wildman–Crippen MR) is 119 cm³/mol. The maximum absolute atomic E-state index is 12.6. The largest absolute Gasteiger partial charge is 0.378 e. The van der Waals surface area contributed by atoms with Crippen molar-refractivity contribution in [2.75, 3.05) is 19.4 Å². The second-order valence-corrected chi connectivity index (χ2v) is 7.55. The van der Waals surface area contributed by atoms with Crippen LogP contribution < -0.4 is 5.32 Å². The van der Waals surface area contributed by atoms with Crippen LogP contribution in [0.25, 0.3) is 5.65 Å². The summed E-state index contributed by atoms with van der Waals surface area (Å²) in [5.41, 5.74) is 8.00. The Morgan fingerprint density at radius 2 is 2.03 bits per heavy atom. The molecule has 6 heteroatoms. The summed E-state index contributed by atoms with van der Waals surface area (Å²) in [7, 11) is 3.67. The summed E-state index contributed by atoms with van der Waals surface area (Å²) in [5.74, 6) is -0.278. The van der Waals surface area contributed by atoms with Crippen molar-refractivity contribution in [3.05, 3.63) is 64.1 Å². The van der Waals surface area contributed by atoms with Gasteiger partial charge in [0.2, 0.25) is 0 Å². The molecule has 29 heavy (non-hydrogen) atoms. The number of imidazole rings is 1. The van der Waals surface area contributed by atoms with Crippen LogP contribution in [0.4, 0.5) is 5.69 Å². The molecule has 2 aromatic heterocycles. The number of anilines is 1. The summed E-state index contributed by atoms with van der Waals surface area (Å²) in [4.78, 5) is 23.1. The van der Waals surface area contributed by atoms with Crippen LogP contribution in [-0.2, 0) is 13.0 Å². The van der Waals surface area contributed by atoms with Crippen LogP contribution in [0.1, 0.15) is 45.4 Å². The lowest BCUT2D eigenvalue weighted by Crippen LogP contribution is -2.11. The summed E-state index contributed by atoms with van der Waals surface area (Å²) in [6, 6.07) is 8.24. The van der Waals surface area contributed by atoms with Gasteiger partial charge in [-0.05, 0) is 49.9 Å². The van der Waals surface area contributed by atoms with Crippen LogP contribution in [0.2, 0.25) is 0 Å². The minimum atomic E-state index is -0.278. The fourth-order valence-corrected chi connectivity index (χ4v) is 3.39. The summed E-state index contributed by atoms with van der Waals surface area (Å²) >= 11 is 0. The minimum absolute atomic E-state index is 0.278. The number of carbonyl (C=O) groups excluding carboxylic acids is 1. The van der Waals surface area contributed by atoms with Gasteiger partial charge in [0, 0.05) is 32.5 Å². The maximum Gasteiger partial charge on any atom is 0.279 e. The standard InChI is InChI=1S/C23H29N5O/c1-7-18-10-8-9-15(2)20(18)12-24-21-11-19(23(29)25-14-27(5)6)13-28-17(4)16(3)26-22(21)28/h8-11,13-14,24H,7,12H2,1-6H3/b25-14+. The number of pyridine rings is 1. The molecule has 3 aromatic rings. The predicted octanol–water partition coefficient (Wildman–Crippen LogP) is 4.16. The molecule has 1 aromatic carbocycles. The van der Waals surface area contributed by atoms with E-state index in [9.17, 15) is 4.79 Å². The second-order valence-electron chi connectivity index (χ2n) is 7.55. The van der Waals surface area contributed by atoms with Gasteiger partial charge in [-0.15, -0.1) is 0 Å². The molecule has 1 amide bonds. The minimum Gasteiger partial charge on any atom is -0.378 e. The van der Waals surface area contributed by atoms with Crippen molar-refractivity contribution in [1.29, 1.82) is 0 Å². The number of benzene rings is 1. The Kier molecular flexibility index (Phi) is 6.01. The average Bonchev–Trinajstić information content (AvgIpc) is 2.99. The topological polar surface area (TPSA) is 62.0 Å². The molecule has 0 aliphatic carbocycles. The van der Waals surface area contributed by atoms with Gasteiger partial charge in [-0.2, -0.15) is 4.99 Å². The lowest BCUT2D eigenvalue weighted by Gasteiger charge is -2.15. The molecule has 2 heterocycles. The number of nitrogens with one attached hydrogen (secondary N) is 1. The van der Waals surface area contributed by atoms with Crippen molar-refractivity contribution >= 4 is 23.6 Å². The molecule has 0 saturated carbocycles. The number of amides is 1. The number of nitrogens with zero attached hydrogens (tertiary/aromatic N) is 4. The molecule has 0 atom stereocenters. The average molecular weight is 392 g/mol. The Hall–Kier alpha value is -3.15. The van der Waals surface area contributed by atoms with Crippen molar-refractivity contribution in [3.8, 4) is 0 Å². The highest BCUT2D eigenvalue weighted by Crippen LogP contribution is 2.24. The molecule has 6 nitrogen and oxygen atoms in total. The first kappa shape index (κ1) is 20.6. The lowest BCUT2D eigenvalue weighted by molar-refractivity contribution is 0.100. The summed E-state index contributed by atoms with van der Waals surface area (Å²) in [6.07, 6.45) is 4.32. The Morgan fingerprint density at radius 1 is 1.28 bits per heavy atom. The number of fused-ring (bicyclic) bond motifs is 1. The van der Waals surface area contributed by atoms with Gasteiger partial charge in [-0.1, -0.05) is 25.1 Å². The molecule has 1 N–H and O–H groups in total. The quantitative estimate of drug-likeness (QED) is 0.506. The number of aromatic nitrogens is 2. The Labute approximate surface area is 172 Å². The summed E-state index contributed by atoms with van der Waals surface area (Å²) in [5, 5.41) is 3.52. The maximum atomic E-state index is 12.6. The number of rotatable bonds is 6. The zero-order valence-corrected chi connectivity index (χ0v) is 18.1. The molecule has 152 valence electrons. The van der Waals surface area contributed by atoms with Crippen molar-refractivity contribution in [2.24, 2.45) is 4.99 Å². The summed E-state index contributed by atoms with van der Waals surface area (Å²) in [6.45, 7) is 8.96. The first-order valence-corrected chi connectivity index (χ1v) is 9.87. The normalized spacial score (nSPS) is 11.4. The number of carbonyl (C=O) groups is 1. The van der Waals surface area contributed by atoms with Crippen molar-refractivity contribution in [1.82, 2.24) is 14.3 Å². The number of aryl methyl sites for hydroxylation is 4. The van der Waals surface area contributed by atoms with E-state index >= 15 is 0 Å². The SMILES string of the molecule is CCc1cccc(C)c1CNc1cc(C(=O)/N=C/N(C)C)cn2c(C)c(C)nc12. The van der Waals surface area contributed by atoms with Crippen LogP contribution in [0.15, 0.2) is 35.5 Å². The third kappa shape index (κ3) is 4.31. The van der Waals surface area contributed by atoms with Crippen LogP contribution in [0.3, 0.4) is 0 Å². The van der Waals surface area contributed by atoms with Gasteiger partial charge in [-0.3, -0.25) is 4.79 Å². The zero-order chi connectivity index (χ0) is 21.1. The van der Waals surface area contributed by atoms with Gasteiger partial charge < -0.3 is 14.6 Å². The van der Waals surface area contributed by atoms with E-state index in [1.165, 1.54) is 23.0 Å². The van der Waals surface area contributed by atoms with Crippen LogP contribution in [0.5, 0.6) is 0 Å². The molecule has 0 unspecified atom stereocenters. The van der Waals surface area contributed by atoms with E-state index in [-0.39, 0.29) is 5.91 Å². The van der Waals surface area contributed by atoms with Crippen molar-refractivity contribution in [3.63, 3.8) is 0 Å². The Morgan fingerprint density at radius 3 is 2.72 bits per heavy atom. The number of aliphatic imine (C=N–C) groups is 1. The van der Waals surface area contributed by atoms with Crippen molar-refractivity contribution in [2.45, 2.75) is 40.7 Å². The van der Waals surface area contributed by atoms with E-state index in [0.717, 1.165) is 29.1 Å². The molecular weight excluding hydrogens is 362 g/mol. The van der Waals surface area contributed by atoms with Gasteiger partial charge in [0.25, 0.3) is 5.91 Å². The first-order chi connectivity index (χ1) is 13.8. The molecule has 0 bridgehead atoms. The second kappa shape index (κ2) is 8.47. The van der Waals surface area contributed by atoms with Gasteiger partial charge in [0.15, 0.2) is 5.65 Å². The van der Waals surface area contributed by atoms with Crippen molar-refractivity contribution < 1.29 is 4.79 Å². The van der Waals surface area contributed by atoms with E-state index in [1.54, 1.807) is 4.90 Å². The fraction of sp³-hybridized carbons (Fsp3) is 0.348. The van der Waals surface area contributed by atoms with Crippen LogP contribution >= 0.6 is 0 Å². The highest BCUT2D eigenvalue weighted by atomic mass is 16.1. The van der Waals surface area contributed by atoms with Gasteiger partial charge in [0.1, 0.15) is 0 Å². The van der Waals surface area contributed by atoms with E-state index < -0.39 is 0 Å². The molecule has 0 fully saturated rings. The monoisotopic (exact) mass is 391 g/mol. The lowest BCUT2D eigenvalue weighted by atomic mass is 10.00. The zero-order valence-electron chi connectivity index (χ0n) is 18.1.